The van der Waals surface area contributed by atoms with Crippen LogP contribution < -0.4 is 0 Å². The van der Waals surface area contributed by atoms with Crippen LogP contribution in [0.4, 0.5) is 0 Å². The van der Waals surface area contributed by atoms with Crippen molar-refractivity contribution in [3.05, 3.63) is 41.7 Å². The van der Waals surface area contributed by atoms with Crippen LogP contribution in [0.15, 0.2) is 40.9 Å². The van der Waals surface area contributed by atoms with E-state index >= 15 is 0 Å². The van der Waals surface area contributed by atoms with Gasteiger partial charge in [0, 0.05) is 18.0 Å². The van der Waals surface area contributed by atoms with Crippen LogP contribution in [0.3, 0.4) is 0 Å². The smallest absolute Gasteiger partial charge is 0.195 e. The van der Waals surface area contributed by atoms with E-state index in [1.165, 1.54) is 17.3 Å². The van der Waals surface area contributed by atoms with Gasteiger partial charge in [-0.1, -0.05) is 6.07 Å². The molecule has 0 saturated carbocycles. The fraction of sp³-hybridized carbons (Fsp3) is 0.154. The van der Waals surface area contributed by atoms with Gasteiger partial charge in [-0.3, -0.25) is 0 Å². The maximum atomic E-state index is 8.93. The standard InChI is InChI=1S/C13H12N4OS/c1-8-2-3-10-11(4-8)17-13(16-10)19-12-14-5-9(7-18)6-15-12/h2-6,18H,7H2,1H3,(H,16,17). The summed E-state index contributed by atoms with van der Waals surface area (Å²) in [5.41, 5.74) is 3.83. The Morgan fingerprint density at radius 3 is 2.79 bits per heavy atom. The predicted molar refractivity (Wildman–Crippen MR) is 72.9 cm³/mol. The lowest BCUT2D eigenvalue weighted by Crippen LogP contribution is -1.90. The number of rotatable bonds is 3. The van der Waals surface area contributed by atoms with Crippen LogP contribution >= 0.6 is 11.8 Å². The molecule has 19 heavy (non-hydrogen) atoms. The lowest BCUT2D eigenvalue weighted by atomic mass is 10.2. The molecule has 0 amide bonds. The Morgan fingerprint density at radius 2 is 2.05 bits per heavy atom. The Hall–Kier alpha value is -1.92. The Balaban J connectivity index is 1.87. The highest BCUT2D eigenvalue weighted by Crippen LogP contribution is 2.24. The third-order valence-corrected chi connectivity index (χ3v) is 3.45. The third kappa shape index (κ3) is 2.59. The van der Waals surface area contributed by atoms with E-state index in [1.54, 1.807) is 12.4 Å². The molecule has 0 spiro atoms. The maximum Gasteiger partial charge on any atom is 0.195 e. The fourth-order valence-corrected chi connectivity index (χ4v) is 2.40. The molecule has 0 aliphatic carbocycles. The van der Waals surface area contributed by atoms with E-state index in [0.717, 1.165) is 16.2 Å². The number of nitrogens with one attached hydrogen (secondary N) is 1. The molecular formula is C13H12N4OS. The van der Waals surface area contributed by atoms with Crippen LogP contribution in [0, 0.1) is 6.92 Å². The molecule has 2 N–H and O–H groups in total. The van der Waals surface area contributed by atoms with Crippen molar-refractivity contribution in [3.63, 3.8) is 0 Å². The van der Waals surface area contributed by atoms with Gasteiger partial charge >= 0.3 is 0 Å². The van der Waals surface area contributed by atoms with Crippen molar-refractivity contribution in [1.82, 2.24) is 19.9 Å². The summed E-state index contributed by atoms with van der Waals surface area (Å²) in [6.45, 7) is 2.00. The summed E-state index contributed by atoms with van der Waals surface area (Å²) in [7, 11) is 0. The minimum Gasteiger partial charge on any atom is -0.392 e. The summed E-state index contributed by atoms with van der Waals surface area (Å²) < 4.78 is 0. The molecule has 2 heterocycles. The zero-order valence-electron chi connectivity index (χ0n) is 10.3. The summed E-state index contributed by atoms with van der Waals surface area (Å²) in [5.74, 6) is 0. The number of aryl methyl sites for hydroxylation is 1. The summed E-state index contributed by atoms with van der Waals surface area (Å²) in [6, 6.07) is 6.08. The molecule has 0 radical (unpaired) electrons. The molecule has 3 aromatic rings. The number of hydrogen-bond acceptors (Lipinski definition) is 5. The van der Waals surface area contributed by atoms with Gasteiger partial charge in [-0.25, -0.2) is 15.0 Å². The average molecular weight is 272 g/mol. The molecule has 0 atom stereocenters. The first kappa shape index (κ1) is 12.1. The number of aliphatic hydroxyl groups is 1. The normalized spacial score (nSPS) is 11.1. The summed E-state index contributed by atoms with van der Waals surface area (Å²) >= 11 is 1.37. The maximum absolute atomic E-state index is 8.93. The Labute approximate surface area is 114 Å². The predicted octanol–water partition coefficient (Wildman–Crippen LogP) is 2.30. The lowest BCUT2D eigenvalue weighted by Gasteiger charge is -1.97. The third-order valence-electron chi connectivity index (χ3n) is 2.67. The van der Waals surface area contributed by atoms with Crippen LogP contribution in [0.25, 0.3) is 11.0 Å². The number of hydrogen-bond donors (Lipinski definition) is 2. The Morgan fingerprint density at radius 1 is 1.26 bits per heavy atom. The zero-order chi connectivity index (χ0) is 13.2. The molecule has 5 nitrogen and oxygen atoms in total. The van der Waals surface area contributed by atoms with Crippen molar-refractivity contribution in [2.45, 2.75) is 23.8 Å². The summed E-state index contributed by atoms with van der Waals surface area (Å²) in [5, 5.41) is 10.3. The lowest BCUT2D eigenvalue weighted by molar-refractivity contribution is 0.280. The molecule has 1 aromatic carbocycles. The molecule has 6 heteroatoms. The summed E-state index contributed by atoms with van der Waals surface area (Å²) in [6.07, 6.45) is 3.23. The minimum absolute atomic E-state index is 0.0468. The first-order chi connectivity index (χ1) is 9.24. The van der Waals surface area contributed by atoms with Crippen LogP contribution in [0.5, 0.6) is 0 Å². The van der Waals surface area contributed by atoms with Gasteiger partial charge in [-0.2, -0.15) is 0 Å². The van der Waals surface area contributed by atoms with E-state index in [1.807, 2.05) is 19.1 Å². The second-order valence-corrected chi connectivity index (χ2v) is 5.15. The van der Waals surface area contributed by atoms with Gasteiger partial charge < -0.3 is 10.1 Å². The highest BCUT2D eigenvalue weighted by atomic mass is 32.2. The van der Waals surface area contributed by atoms with E-state index in [4.69, 9.17) is 5.11 Å². The first-order valence-corrected chi connectivity index (χ1v) is 6.62. The molecule has 0 fully saturated rings. The molecule has 3 rings (SSSR count). The number of fused-ring (bicyclic) bond motifs is 1. The van der Waals surface area contributed by atoms with E-state index < -0.39 is 0 Å². The molecular weight excluding hydrogens is 260 g/mol. The van der Waals surface area contributed by atoms with E-state index in [-0.39, 0.29) is 6.61 Å². The van der Waals surface area contributed by atoms with Crippen LogP contribution in [-0.4, -0.2) is 25.0 Å². The van der Waals surface area contributed by atoms with Crippen LogP contribution in [0.1, 0.15) is 11.1 Å². The number of aromatic nitrogens is 4. The van der Waals surface area contributed by atoms with Crippen LogP contribution in [-0.2, 0) is 6.61 Å². The number of aliphatic hydroxyl groups excluding tert-OH is 1. The van der Waals surface area contributed by atoms with E-state index in [9.17, 15) is 0 Å². The summed E-state index contributed by atoms with van der Waals surface area (Å²) in [4.78, 5) is 16.0. The zero-order valence-corrected chi connectivity index (χ0v) is 11.1. The molecule has 0 aliphatic rings. The van der Waals surface area contributed by atoms with Gasteiger partial charge in [0.15, 0.2) is 10.3 Å². The SMILES string of the molecule is Cc1ccc2nc(Sc3ncc(CO)cn3)[nH]c2c1. The monoisotopic (exact) mass is 272 g/mol. The fourth-order valence-electron chi connectivity index (χ4n) is 1.71. The second-order valence-electron chi connectivity index (χ2n) is 4.20. The number of imidazole rings is 1. The van der Waals surface area contributed by atoms with E-state index in [0.29, 0.717) is 10.7 Å². The van der Waals surface area contributed by atoms with Crippen LogP contribution in [0.2, 0.25) is 0 Å². The number of aromatic amines is 1. The molecule has 2 aromatic heterocycles. The van der Waals surface area contributed by atoms with Gasteiger partial charge in [0.1, 0.15) is 0 Å². The number of H-pyrrole nitrogens is 1. The Kier molecular flexibility index (Phi) is 3.18. The minimum atomic E-state index is -0.0468. The average Bonchev–Trinajstić information content (AvgIpc) is 2.81. The molecule has 96 valence electrons. The highest BCUT2D eigenvalue weighted by Gasteiger charge is 2.06. The van der Waals surface area contributed by atoms with E-state index in [2.05, 4.69) is 26.0 Å². The van der Waals surface area contributed by atoms with Gasteiger partial charge in [0.05, 0.1) is 17.6 Å². The van der Waals surface area contributed by atoms with Crippen molar-refractivity contribution < 1.29 is 5.11 Å². The topological polar surface area (TPSA) is 74.7 Å². The molecule has 0 unspecified atom stereocenters. The molecule has 0 saturated heterocycles. The number of benzene rings is 1. The van der Waals surface area contributed by atoms with Gasteiger partial charge in [0.25, 0.3) is 0 Å². The van der Waals surface area contributed by atoms with Crippen molar-refractivity contribution in [2.75, 3.05) is 0 Å². The van der Waals surface area contributed by atoms with Crippen molar-refractivity contribution in [3.8, 4) is 0 Å². The van der Waals surface area contributed by atoms with Gasteiger partial charge in [0.2, 0.25) is 0 Å². The number of nitrogens with zero attached hydrogens (tertiary/aromatic N) is 3. The van der Waals surface area contributed by atoms with Gasteiger partial charge in [-0.05, 0) is 36.4 Å². The quantitative estimate of drug-likeness (QED) is 0.716. The Bertz CT molecular complexity index is 708. The van der Waals surface area contributed by atoms with Crippen molar-refractivity contribution >= 4 is 22.8 Å². The van der Waals surface area contributed by atoms with Crippen molar-refractivity contribution in [2.24, 2.45) is 0 Å². The highest BCUT2D eigenvalue weighted by molar-refractivity contribution is 7.99. The van der Waals surface area contributed by atoms with Gasteiger partial charge in [-0.15, -0.1) is 0 Å². The largest absolute Gasteiger partial charge is 0.392 e. The first-order valence-electron chi connectivity index (χ1n) is 5.80. The molecule has 0 aliphatic heterocycles. The second kappa shape index (κ2) is 4.99. The van der Waals surface area contributed by atoms with Crippen molar-refractivity contribution in [1.29, 1.82) is 0 Å². The molecule has 0 bridgehead atoms.